The summed E-state index contributed by atoms with van der Waals surface area (Å²) in [5.41, 5.74) is 6.63. The van der Waals surface area contributed by atoms with Gasteiger partial charge in [0.25, 0.3) is 0 Å². The van der Waals surface area contributed by atoms with E-state index in [1.807, 2.05) is 0 Å². The third kappa shape index (κ3) is 4.46. The molecule has 1 saturated carbocycles. The smallest absolute Gasteiger partial charge is 0.227 e. The molecule has 1 fully saturated rings. The fraction of sp³-hybridized carbons (Fsp3) is 0.467. The highest BCUT2D eigenvalue weighted by Gasteiger charge is 2.30. The summed E-state index contributed by atoms with van der Waals surface area (Å²) in [5, 5.41) is 5.62. The molecule has 1 aromatic rings. The molecule has 114 valence electrons. The predicted octanol–water partition coefficient (Wildman–Crippen LogP) is 1.72. The number of nitrogens with one attached hydrogen (secondary N) is 2. The second kappa shape index (κ2) is 7.08. The number of hydrogen-bond donors (Lipinski definition) is 3. The number of methoxy groups -OCH3 is 1. The average molecular weight is 291 g/mol. The number of nitrogens with two attached hydrogens (primary N) is 1. The number of carbonyl (C=O) groups excluding carboxylic acids is 2. The van der Waals surface area contributed by atoms with E-state index in [4.69, 9.17) is 10.5 Å². The van der Waals surface area contributed by atoms with Crippen LogP contribution in [0.15, 0.2) is 18.2 Å². The van der Waals surface area contributed by atoms with Gasteiger partial charge in [0.15, 0.2) is 0 Å². The van der Waals surface area contributed by atoms with Gasteiger partial charge >= 0.3 is 0 Å². The van der Waals surface area contributed by atoms with Crippen LogP contribution in [0.4, 0.5) is 11.4 Å². The summed E-state index contributed by atoms with van der Waals surface area (Å²) < 4.78 is 5.26. The Morgan fingerprint density at radius 1 is 1.33 bits per heavy atom. The molecule has 1 aliphatic carbocycles. The second-order valence-electron chi connectivity index (χ2n) is 5.12. The Morgan fingerprint density at radius 2 is 2.10 bits per heavy atom. The number of carbonyl (C=O) groups is 2. The molecule has 0 saturated heterocycles. The first kappa shape index (κ1) is 15.3. The van der Waals surface area contributed by atoms with Crippen LogP contribution in [0.2, 0.25) is 0 Å². The van der Waals surface area contributed by atoms with Crippen molar-refractivity contribution in [2.75, 3.05) is 24.3 Å². The Kier molecular flexibility index (Phi) is 5.16. The Labute approximate surface area is 124 Å². The van der Waals surface area contributed by atoms with E-state index in [0.29, 0.717) is 36.5 Å². The number of amides is 2. The fourth-order valence-electron chi connectivity index (χ4n) is 1.94. The van der Waals surface area contributed by atoms with Gasteiger partial charge in [-0.1, -0.05) is 0 Å². The summed E-state index contributed by atoms with van der Waals surface area (Å²) in [5.74, 6) is 0.594. The Morgan fingerprint density at radius 3 is 2.71 bits per heavy atom. The molecule has 21 heavy (non-hydrogen) atoms. The van der Waals surface area contributed by atoms with Gasteiger partial charge in [-0.15, -0.1) is 0 Å². The minimum atomic E-state index is -0.0859. The van der Waals surface area contributed by atoms with Crippen molar-refractivity contribution in [3.63, 3.8) is 0 Å². The van der Waals surface area contributed by atoms with Gasteiger partial charge in [-0.25, -0.2) is 0 Å². The Balaban J connectivity index is 2.01. The van der Waals surface area contributed by atoms with Crippen molar-refractivity contribution < 1.29 is 14.3 Å². The molecule has 0 aliphatic heterocycles. The third-order valence-electron chi connectivity index (χ3n) is 3.30. The zero-order chi connectivity index (χ0) is 15.2. The minimum absolute atomic E-state index is 0.0213. The highest BCUT2D eigenvalue weighted by molar-refractivity contribution is 5.96. The van der Waals surface area contributed by atoms with Gasteiger partial charge in [-0.05, 0) is 37.9 Å². The zero-order valence-electron chi connectivity index (χ0n) is 12.1. The lowest BCUT2D eigenvalue weighted by atomic mass is 10.2. The van der Waals surface area contributed by atoms with Crippen LogP contribution in [0.1, 0.15) is 25.7 Å². The van der Waals surface area contributed by atoms with Gasteiger partial charge in [0.05, 0.1) is 12.8 Å². The predicted molar refractivity (Wildman–Crippen MR) is 81.3 cm³/mol. The summed E-state index contributed by atoms with van der Waals surface area (Å²) in [7, 11) is 1.53. The standard InChI is InChI=1S/C15H21N3O3/c1-21-13-9-11(17-14(19)3-2-8-16)6-7-12(13)18-15(20)10-4-5-10/h6-7,9-10H,2-5,8,16H2,1H3,(H,17,19)(H,18,20). The Hall–Kier alpha value is -2.08. The van der Waals surface area contributed by atoms with Crippen LogP contribution < -0.4 is 21.1 Å². The normalized spacial score (nSPS) is 13.6. The molecule has 0 radical (unpaired) electrons. The lowest BCUT2D eigenvalue weighted by Gasteiger charge is -2.12. The van der Waals surface area contributed by atoms with Gasteiger partial charge in [-0.2, -0.15) is 0 Å². The molecule has 4 N–H and O–H groups in total. The van der Waals surface area contributed by atoms with Gasteiger partial charge in [0.1, 0.15) is 5.75 Å². The summed E-state index contributed by atoms with van der Waals surface area (Å²) in [6.45, 7) is 0.489. The first-order valence-corrected chi connectivity index (χ1v) is 7.13. The maximum absolute atomic E-state index is 11.8. The number of ether oxygens (including phenoxy) is 1. The van der Waals surface area contributed by atoms with Crippen molar-refractivity contribution in [3.05, 3.63) is 18.2 Å². The molecule has 1 aliphatic rings. The van der Waals surface area contributed by atoms with Crippen LogP contribution in [-0.2, 0) is 9.59 Å². The van der Waals surface area contributed by atoms with Crippen molar-refractivity contribution in [1.29, 1.82) is 0 Å². The summed E-state index contributed by atoms with van der Waals surface area (Å²) in [6.07, 6.45) is 2.93. The van der Waals surface area contributed by atoms with Gasteiger partial charge < -0.3 is 21.1 Å². The molecular weight excluding hydrogens is 270 g/mol. The first-order chi connectivity index (χ1) is 10.1. The van der Waals surface area contributed by atoms with E-state index in [9.17, 15) is 9.59 Å². The van der Waals surface area contributed by atoms with E-state index in [2.05, 4.69) is 10.6 Å². The topological polar surface area (TPSA) is 93.4 Å². The SMILES string of the molecule is COc1cc(NC(=O)CCCN)ccc1NC(=O)C1CC1. The van der Waals surface area contributed by atoms with E-state index in [0.717, 1.165) is 12.8 Å². The van der Waals surface area contributed by atoms with Gasteiger partial charge in [0, 0.05) is 24.1 Å². The molecule has 0 heterocycles. The molecule has 1 aromatic carbocycles. The molecule has 0 atom stereocenters. The lowest BCUT2D eigenvalue weighted by molar-refractivity contribution is -0.117. The molecule has 6 heteroatoms. The monoisotopic (exact) mass is 291 g/mol. The highest BCUT2D eigenvalue weighted by atomic mass is 16.5. The van der Waals surface area contributed by atoms with Crippen LogP contribution >= 0.6 is 0 Å². The highest BCUT2D eigenvalue weighted by Crippen LogP contribution is 2.33. The van der Waals surface area contributed by atoms with Crippen LogP contribution in [0.25, 0.3) is 0 Å². The van der Waals surface area contributed by atoms with E-state index in [1.165, 1.54) is 7.11 Å². The second-order valence-corrected chi connectivity index (χ2v) is 5.12. The van der Waals surface area contributed by atoms with E-state index in [1.54, 1.807) is 18.2 Å². The maximum Gasteiger partial charge on any atom is 0.227 e. The minimum Gasteiger partial charge on any atom is -0.494 e. The van der Waals surface area contributed by atoms with Crippen molar-refractivity contribution in [2.45, 2.75) is 25.7 Å². The third-order valence-corrected chi connectivity index (χ3v) is 3.30. The molecular formula is C15H21N3O3. The van der Waals surface area contributed by atoms with Crippen LogP contribution in [0, 0.1) is 5.92 Å². The lowest BCUT2D eigenvalue weighted by Crippen LogP contribution is -2.15. The van der Waals surface area contributed by atoms with Crippen molar-refractivity contribution in [3.8, 4) is 5.75 Å². The van der Waals surface area contributed by atoms with Gasteiger partial charge in [0.2, 0.25) is 11.8 Å². The van der Waals surface area contributed by atoms with Gasteiger partial charge in [-0.3, -0.25) is 9.59 Å². The van der Waals surface area contributed by atoms with E-state index >= 15 is 0 Å². The number of benzene rings is 1. The molecule has 2 rings (SSSR count). The summed E-state index contributed by atoms with van der Waals surface area (Å²) in [4.78, 5) is 23.4. The van der Waals surface area contributed by atoms with Crippen LogP contribution in [-0.4, -0.2) is 25.5 Å². The Bertz CT molecular complexity index is 527. The first-order valence-electron chi connectivity index (χ1n) is 7.13. The molecule has 0 aromatic heterocycles. The molecule has 0 spiro atoms. The maximum atomic E-state index is 11.8. The summed E-state index contributed by atoms with van der Waals surface area (Å²) >= 11 is 0. The molecule has 6 nitrogen and oxygen atoms in total. The molecule has 0 unspecified atom stereocenters. The number of hydrogen-bond acceptors (Lipinski definition) is 4. The molecule has 2 amide bonds. The van der Waals surface area contributed by atoms with E-state index in [-0.39, 0.29) is 17.7 Å². The number of anilines is 2. The van der Waals surface area contributed by atoms with Crippen LogP contribution in [0.3, 0.4) is 0 Å². The largest absolute Gasteiger partial charge is 0.494 e. The average Bonchev–Trinajstić information content (AvgIpc) is 3.31. The molecule has 0 bridgehead atoms. The summed E-state index contributed by atoms with van der Waals surface area (Å²) in [6, 6.07) is 5.17. The van der Waals surface area contributed by atoms with Crippen molar-refractivity contribution >= 4 is 23.2 Å². The quantitative estimate of drug-likeness (QED) is 0.713. The number of rotatable bonds is 7. The zero-order valence-corrected chi connectivity index (χ0v) is 12.1. The fourth-order valence-corrected chi connectivity index (χ4v) is 1.94. The van der Waals surface area contributed by atoms with Crippen molar-refractivity contribution in [2.24, 2.45) is 11.7 Å². The van der Waals surface area contributed by atoms with Crippen molar-refractivity contribution in [1.82, 2.24) is 0 Å². The van der Waals surface area contributed by atoms with Crippen LogP contribution in [0.5, 0.6) is 5.75 Å². The van der Waals surface area contributed by atoms with E-state index < -0.39 is 0 Å².